The largest absolute Gasteiger partial charge is 0.312 e. The van der Waals surface area contributed by atoms with E-state index >= 15 is 0 Å². The molecule has 3 rings (SSSR count). The number of nitrogens with one attached hydrogen (secondary N) is 1. The van der Waals surface area contributed by atoms with Gasteiger partial charge in [-0.1, -0.05) is 6.07 Å². The van der Waals surface area contributed by atoms with Crippen molar-refractivity contribution in [2.75, 3.05) is 22.6 Å². The summed E-state index contributed by atoms with van der Waals surface area (Å²) in [6.45, 7) is 2.31. The van der Waals surface area contributed by atoms with Gasteiger partial charge in [-0.25, -0.2) is 4.98 Å². The minimum absolute atomic E-state index is 0.0643. The second-order valence-corrected chi connectivity index (χ2v) is 6.53. The first-order valence-electron chi connectivity index (χ1n) is 7.31. The summed E-state index contributed by atoms with van der Waals surface area (Å²) < 4.78 is 0. The molecular weight excluding hydrogens is 334 g/mol. The van der Waals surface area contributed by atoms with Crippen LogP contribution in [0.25, 0.3) is 11.3 Å². The molecule has 0 saturated heterocycles. The Morgan fingerprint density at radius 2 is 2.26 bits per heavy atom. The molecule has 0 fully saturated rings. The van der Waals surface area contributed by atoms with Gasteiger partial charge in [0, 0.05) is 42.4 Å². The molecule has 23 heavy (non-hydrogen) atoms. The lowest BCUT2D eigenvalue weighted by atomic mass is 10.1. The van der Waals surface area contributed by atoms with Gasteiger partial charge in [0.1, 0.15) is 0 Å². The molecule has 0 saturated carbocycles. The van der Waals surface area contributed by atoms with Crippen LogP contribution in [0.15, 0.2) is 23.6 Å². The molecule has 2 amide bonds. The zero-order chi connectivity index (χ0) is 16.4. The fourth-order valence-corrected chi connectivity index (χ4v) is 3.53. The van der Waals surface area contributed by atoms with E-state index in [1.165, 1.54) is 11.3 Å². The maximum atomic E-state index is 11.6. The van der Waals surface area contributed by atoms with E-state index in [9.17, 15) is 9.59 Å². The lowest BCUT2D eigenvalue weighted by molar-refractivity contribution is -0.117. The summed E-state index contributed by atoms with van der Waals surface area (Å²) in [4.78, 5) is 29.4. The van der Waals surface area contributed by atoms with Crippen molar-refractivity contribution in [1.82, 2.24) is 4.98 Å². The maximum Gasteiger partial charge on any atom is 0.227 e. The number of benzene rings is 1. The first-order valence-corrected chi connectivity index (χ1v) is 8.72. The average molecular weight is 350 g/mol. The van der Waals surface area contributed by atoms with Crippen LogP contribution in [0.1, 0.15) is 18.9 Å². The summed E-state index contributed by atoms with van der Waals surface area (Å²) in [5.41, 5.74) is 3.94. The first-order chi connectivity index (χ1) is 11.1. The van der Waals surface area contributed by atoms with Crippen molar-refractivity contribution in [3.05, 3.63) is 29.1 Å². The normalized spacial score (nSPS) is 13.0. The summed E-state index contributed by atoms with van der Waals surface area (Å²) in [7, 11) is 0. The van der Waals surface area contributed by atoms with Gasteiger partial charge in [-0.05, 0) is 24.1 Å². The number of aromatic nitrogens is 1. The third-order valence-electron chi connectivity index (χ3n) is 3.72. The summed E-state index contributed by atoms with van der Waals surface area (Å²) >= 11 is 6.93. The topological polar surface area (TPSA) is 62.3 Å². The van der Waals surface area contributed by atoms with Crippen LogP contribution < -0.4 is 10.2 Å². The molecule has 0 unspecified atom stereocenters. The van der Waals surface area contributed by atoms with Gasteiger partial charge in [0.05, 0.1) is 5.69 Å². The number of alkyl halides is 1. The number of anilines is 2. The quantitative estimate of drug-likeness (QED) is 0.861. The molecule has 2 aromatic rings. The Morgan fingerprint density at radius 1 is 1.43 bits per heavy atom. The number of hydrogen-bond donors (Lipinski definition) is 1. The Balaban J connectivity index is 1.80. The van der Waals surface area contributed by atoms with Crippen LogP contribution in [0.3, 0.4) is 0 Å². The SMILES string of the molecule is CC(=O)N1CCc2cc(-c3csc(NC(=O)CCCl)n3)ccc21. The predicted octanol–water partition coefficient (Wildman–Crippen LogP) is 3.29. The number of thiazole rings is 1. The summed E-state index contributed by atoms with van der Waals surface area (Å²) in [5, 5.41) is 5.22. The van der Waals surface area contributed by atoms with Gasteiger partial charge in [0.2, 0.25) is 11.8 Å². The van der Waals surface area contributed by atoms with Crippen LogP contribution >= 0.6 is 22.9 Å². The first kappa shape index (κ1) is 16.0. The molecule has 1 aromatic carbocycles. The van der Waals surface area contributed by atoms with Crippen molar-refractivity contribution >= 4 is 45.6 Å². The van der Waals surface area contributed by atoms with Crippen molar-refractivity contribution in [3.8, 4) is 11.3 Å². The van der Waals surface area contributed by atoms with E-state index in [1.807, 2.05) is 17.5 Å². The number of fused-ring (bicyclic) bond motifs is 1. The molecule has 0 radical (unpaired) electrons. The Hall–Kier alpha value is -1.92. The molecule has 7 heteroatoms. The van der Waals surface area contributed by atoms with Gasteiger partial charge in [0.15, 0.2) is 5.13 Å². The fourth-order valence-electron chi connectivity index (χ4n) is 2.62. The van der Waals surface area contributed by atoms with Crippen LogP contribution in [0.4, 0.5) is 10.8 Å². The lowest BCUT2D eigenvalue weighted by Crippen LogP contribution is -2.25. The standard InChI is InChI=1S/C16H16ClN3O2S/c1-10(21)20-7-5-12-8-11(2-3-14(12)20)13-9-23-16(18-13)19-15(22)4-6-17/h2-3,8-9H,4-7H2,1H3,(H,18,19,22). The fraction of sp³-hybridized carbons (Fsp3) is 0.312. The summed E-state index contributed by atoms with van der Waals surface area (Å²) in [6.07, 6.45) is 1.13. The maximum absolute atomic E-state index is 11.6. The monoisotopic (exact) mass is 349 g/mol. The molecule has 0 spiro atoms. The zero-order valence-corrected chi connectivity index (χ0v) is 14.2. The number of hydrogen-bond acceptors (Lipinski definition) is 4. The molecule has 1 N–H and O–H groups in total. The molecule has 0 aliphatic carbocycles. The molecule has 2 heterocycles. The summed E-state index contributed by atoms with van der Waals surface area (Å²) in [5.74, 6) is 0.225. The third-order valence-corrected chi connectivity index (χ3v) is 4.67. The number of carbonyl (C=O) groups excluding carboxylic acids is 2. The van der Waals surface area contributed by atoms with Crippen LogP contribution in [-0.2, 0) is 16.0 Å². The highest BCUT2D eigenvalue weighted by Crippen LogP contribution is 2.33. The zero-order valence-electron chi connectivity index (χ0n) is 12.6. The van der Waals surface area contributed by atoms with E-state index in [4.69, 9.17) is 11.6 Å². The van der Waals surface area contributed by atoms with Crippen molar-refractivity contribution in [1.29, 1.82) is 0 Å². The van der Waals surface area contributed by atoms with E-state index in [-0.39, 0.29) is 18.2 Å². The highest BCUT2D eigenvalue weighted by atomic mass is 35.5. The molecule has 1 aromatic heterocycles. The van der Waals surface area contributed by atoms with Gasteiger partial charge in [-0.3, -0.25) is 9.59 Å². The van der Waals surface area contributed by atoms with E-state index in [2.05, 4.69) is 16.4 Å². The minimum atomic E-state index is -0.132. The Labute approximate surface area is 143 Å². The van der Waals surface area contributed by atoms with Crippen molar-refractivity contribution in [2.45, 2.75) is 19.8 Å². The van der Waals surface area contributed by atoms with E-state index in [1.54, 1.807) is 11.8 Å². The third kappa shape index (κ3) is 3.38. The van der Waals surface area contributed by atoms with E-state index in [0.717, 1.165) is 35.5 Å². The van der Waals surface area contributed by atoms with Gasteiger partial charge in [-0.2, -0.15) is 0 Å². The number of nitrogens with zero attached hydrogens (tertiary/aromatic N) is 2. The average Bonchev–Trinajstić information content (AvgIpc) is 3.13. The van der Waals surface area contributed by atoms with Crippen LogP contribution in [-0.4, -0.2) is 29.2 Å². The molecule has 5 nitrogen and oxygen atoms in total. The van der Waals surface area contributed by atoms with Gasteiger partial charge in [-0.15, -0.1) is 22.9 Å². The summed E-state index contributed by atoms with van der Waals surface area (Å²) in [6, 6.07) is 5.99. The highest BCUT2D eigenvalue weighted by molar-refractivity contribution is 7.14. The molecule has 0 bridgehead atoms. The van der Waals surface area contributed by atoms with Crippen molar-refractivity contribution in [3.63, 3.8) is 0 Å². The van der Waals surface area contributed by atoms with Crippen LogP contribution in [0.5, 0.6) is 0 Å². The molecule has 120 valence electrons. The highest BCUT2D eigenvalue weighted by Gasteiger charge is 2.22. The van der Waals surface area contributed by atoms with Crippen molar-refractivity contribution in [2.24, 2.45) is 0 Å². The number of carbonyl (C=O) groups is 2. The molecule has 1 aliphatic heterocycles. The minimum Gasteiger partial charge on any atom is -0.312 e. The number of halogens is 1. The number of amides is 2. The van der Waals surface area contributed by atoms with Crippen molar-refractivity contribution < 1.29 is 9.59 Å². The Morgan fingerprint density at radius 3 is 3.00 bits per heavy atom. The van der Waals surface area contributed by atoms with E-state index < -0.39 is 0 Å². The predicted molar refractivity (Wildman–Crippen MR) is 93.2 cm³/mol. The molecule has 0 atom stereocenters. The van der Waals surface area contributed by atoms with Crippen LogP contribution in [0, 0.1) is 0 Å². The second kappa shape index (κ2) is 6.68. The Kier molecular flexibility index (Phi) is 4.63. The van der Waals surface area contributed by atoms with E-state index in [0.29, 0.717) is 11.0 Å². The smallest absolute Gasteiger partial charge is 0.227 e. The van der Waals surface area contributed by atoms with Gasteiger partial charge in [0.25, 0.3) is 0 Å². The molecule has 1 aliphatic rings. The van der Waals surface area contributed by atoms with Gasteiger partial charge < -0.3 is 10.2 Å². The number of rotatable bonds is 4. The van der Waals surface area contributed by atoms with Crippen LogP contribution in [0.2, 0.25) is 0 Å². The second-order valence-electron chi connectivity index (χ2n) is 5.29. The lowest BCUT2D eigenvalue weighted by Gasteiger charge is -2.14. The Bertz CT molecular complexity index is 760. The molecular formula is C16H16ClN3O2S. The van der Waals surface area contributed by atoms with Gasteiger partial charge >= 0.3 is 0 Å².